The molecule has 4 heterocycles. The molecule has 0 unspecified atom stereocenters. The number of urea groups is 1. The normalized spacial score (nSPS) is 25.8. The zero-order chi connectivity index (χ0) is 21.4. The SMILES string of the molecule is Cc1cn(C2CCC(CN3CCNCC3)CC2)c2ncc(N3CCC(=O)NC3=O)cc12. The van der Waals surface area contributed by atoms with Crippen molar-refractivity contribution in [2.45, 2.75) is 45.1 Å². The number of aromatic nitrogens is 2. The molecule has 0 radical (unpaired) electrons. The standard InChI is InChI=1S/C23H32N6O2/c1-16-14-29(18-4-2-17(3-5-18)15-27-10-7-24-8-11-27)22-20(16)12-19(13-25-22)28-9-6-21(30)26-23(28)31/h12-14,17-18,24H,2-11,15H2,1H3,(H,26,30,31). The summed E-state index contributed by atoms with van der Waals surface area (Å²) >= 11 is 0. The monoisotopic (exact) mass is 424 g/mol. The van der Waals surface area contributed by atoms with Gasteiger partial charge < -0.3 is 14.8 Å². The van der Waals surface area contributed by atoms with Crippen molar-refractivity contribution in [1.82, 2.24) is 25.1 Å². The van der Waals surface area contributed by atoms with E-state index < -0.39 is 0 Å². The number of fused-ring (bicyclic) bond motifs is 1. The van der Waals surface area contributed by atoms with Gasteiger partial charge in [-0.2, -0.15) is 0 Å². The van der Waals surface area contributed by atoms with Crippen molar-refractivity contribution in [2.75, 3.05) is 44.2 Å². The topological polar surface area (TPSA) is 82.5 Å². The molecule has 0 bridgehead atoms. The van der Waals surface area contributed by atoms with Gasteiger partial charge in [0, 0.05) is 63.3 Å². The van der Waals surface area contributed by atoms with Crippen molar-refractivity contribution in [1.29, 1.82) is 0 Å². The van der Waals surface area contributed by atoms with Gasteiger partial charge >= 0.3 is 6.03 Å². The average Bonchev–Trinajstić information content (AvgIpc) is 3.11. The maximum Gasteiger partial charge on any atom is 0.328 e. The Morgan fingerprint density at radius 3 is 2.61 bits per heavy atom. The number of amides is 3. The van der Waals surface area contributed by atoms with Crippen LogP contribution in [0.15, 0.2) is 18.5 Å². The van der Waals surface area contributed by atoms with Gasteiger partial charge in [0.1, 0.15) is 5.65 Å². The molecule has 2 N–H and O–H groups in total. The molecule has 2 aliphatic heterocycles. The smallest absolute Gasteiger partial charge is 0.328 e. The summed E-state index contributed by atoms with van der Waals surface area (Å²) in [4.78, 5) is 32.6. The highest BCUT2D eigenvalue weighted by Crippen LogP contribution is 2.36. The van der Waals surface area contributed by atoms with E-state index in [1.54, 1.807) is 11.1 Å². The van der Waals surface area contributed by atoms with Crippen molar-refractivity contribution in [2.24, 2.45) is 5.92 Å². The molecule has 3 aliphatic rings. The Morgan fingerprint density at radius 2 is 1.87 bits per heavy atom. The van der Waals surface area contributed by atoms with Crippen LogP contribution < -0.4 is 15.5 Å². The van der Waals surface area contributed by atoms with Crippen LogP contribution in [0.3, 0.4) is 0 Å². The van der Waals surface area contributed by atoms with Gasteiger partial charge in [0.25, 0.3) is 0 Å². The number of piperazine rings is 1. The van der Waals surface area contributed by atoms with Crippen LogP contribution in [-0.2, 0) is 4.79 Å². The van der Waals surface area contributed by atoms with Crippen LogP contribution in [-0.4, -0.2) is 65.7 Å². The minimum absolute atomic E-state index is 0.217. The average molecular weight is 425 g/mol. The van der Waals surface area contributed by atoms with Crippen LogP contribution in [0.5, 0.6) is 0 Å². The van der Waals surface area contributed by atoms with E-state index >= 15 is 0 Å². The molecule has 2 aromatic heterocycles. The Labute approximate surface area is 183 Å². The molecule has 166 valence electrons. The maximum absolute atomic E-state index is 12.2. The van der Waals surface area contributed by atoms with E-state index in [0.717, 1.165) is 35.7 Å². The number of hydrogen-bond donors (Lipinski definition) is 2. The van der Waals surface area contributed by atoms with Crippen LogP contribution in [0.2, 0.25) is 0 Å². The van der Waals surface area contributed by atoms with E-state index in [4.69, 9.17) is 4.98 Å². The highest BCUT2D eigenvalue weighted by atomic mass is 16.2. The Bertz CT molecular complexity index is 972. The number of carbonyl (C=O) groups is 2. The largest absolute Gasteiger partial charge is 0.329 e. The molecule has 8 heteroatoms. The van der Waals surface area contributed by atoms with Gasteiger partial charge in [-0.1, -0.05) is 0 Å². The fourth-order valence-corrected chi connectivity index (χ4v) is 5.38. The number of aryl methyl sites for hydroxylation is 1. The van der Waals surface area contributed by atoms with Gasteiger partial charge in [0.2, 0.25) is 5.91 Å². The quantitative estimate of drug-likeness (QED) is 0.788. The van der Waals surface area contributed by atoms with Crippen LogP contribution in [0.25, 0.3) is 11.0 Å². The fourth-order valence-electron chi connectivity index (χ4n) is 5.38. The lowest BCUT2D eigenvalue weighted by Gasteiger charge is -2.35. The molecule has 3 fully saturated rings. The van der Waals surface area contributed by atoms with Gasteiger partial charge in [0.05, 0.1) is 11.9 Å². The third-order valence-corrected chi connectivity index (χ3v) is 7.16. The van der Waals surface area contributed by atoms with E-state index in [0.29, 0.717) is 19.0 Å². The number of rotatable bonds is 4. The first-order chi connectivity index (χ1) is 15.1. The summed E-state index contributed by atoms with van der Waals surface area (Å²) in [5.74, 6) is 0.585. The van der Waals surface area contributed by atoms with Gasteiger partial charge in [0.15, 0.2) is 0 Å². The van der Waals surface area contributed by atoms with Gasteiger partial charge in [-0.3, -0.25) is 15.0 Å². The summed E-state index contributed by atoms with van der Waals surface area (Å²) < 4.78 is 2.36. The first-order valence-corrected chi connectivity index (χ1v) is 11.6. The maximum atomic E-state index is 12.2. The van der Waals surface area contributed by atoms with E-state index in [2.05, 4.69) is 33.2 Å². The van der Waals surface area contributed by atoms with E-state index in [1.165, 1.54) is 50.9 Å². The summed E-state index contributed by atoms with van der Waals surface area (Å²) in [7, 11) is 0. The molecule has 2 aromatic rings. The van der Waals surface area contributed by atoms with Crippen molar-refractivity contribution in [3.05, 3.63) is 24.0 Å². The zero-order valence-corrected chi connectivity index (χ0v) is 18.3. The zero-order valence-electron chi connectivity index (χ0n) is 18.3. The minimum atomic E-state index is -0.364. The summed E-state index contributed by atoms with van der Waals surface area (Å²) in [6.45, 7) is 8.34. The number of nitrogens with zero attached hydrogens (tertiary/aromatic N) is 4. The minimum Gasteiger partial charge on any atom is -0.329 e. The van der Waals surface area contributed by atoms with E-state index in [-0.39, 0.29) is 11.9 Å². The molecule has 2 saturated heterocycles. The number of nitrogens with one attached hydrogen (secondary N) is 2. The number of pyridine rings is 1. The van der Waals surface area contributed by atoms with E-state index in [1.807, 2.05) is 6.07 Å². The van der Waals surface area contributed by atoms with Crippen molar-refractivity contribution in [3.63, 3.8) is 0 Å². The summed E-state index contributed by atoms with van der Waals surface area (Å²) in [6, 6.07) is 2.17. The summed E-state index contributed by atoms with van der Waals surface area (Å²) in [5.41, 5.74) is 2.93. The van der Waals surface area contributed by atoms with Gasteiger partial charge in [-0.25, -0.2) is 9.78 Å². The molecule has 0 atom stereocenters. The molecule has 0 spiro atoms. The first kappa shape index (κ1) is 20.5. The molecule has 3 amide bonds. The van der Waals surface area contributed by atoms with E-state index in [9.17, 15) is 9.59 Å². The Morgan fingerprint density at radius 1 is 1.10 bits per heavy atom. The Balaban J connectivity index is 1.29. The molecule has 8 nitrogen and oxygen atoms in total. The van der Waals surface area contributed by atoms with Gasteiger partial charge in [-0.05, 0) is 50.2 Å². The highest BCUT2D eigenvalue weighted by molar-refractivity contribution is 6.06. The van der Waals surface area contributed by atoms with Crippen molar-refractivity contribution < 1.29 is 9.59 Å². The number of imide groups is 1. The summed E-state index contributed by atoms with van der Waals surface area (Å²) in [5, 5.41) is 6.91. The van der Waals surface area contributed by atoms with Crippen LogP contribution in [0.1, 0.15) is 43.7 Å². The Kier molecular flexibility index (Phi) is 5.67. The second-order valence-electron chi connectivity index (χ2n) is 9.26. The fraction of sp³-hybridized carbons (Fsp3) is 0.609. The summed E-state index contributed by atoms with van der Waals surface area (Å²) in [6.07, 6.45) is 9.24. The highest BCUT2D eigenvalue weighted by Gasteiger charge is 2.28. The third-order valence-electron chi connectivity index (χ3n) is 7.16. The molecule has 0 aromatic carbocycles. The second kappa shape index (κ2) is 8.59. The van der Waals surface area contributed by atoms with Crippen molar-refractivity contribution in [3.8, 4) is 0 Å². The van der Waals surface area contributed by atoms with Crippen LogP contribution >= 0.6 is 0 Å². The van der Waals surface area contributed by atoms with Crippen LogP contribution in [0, 0.1) is 12.8 Å². The molecule has 31 heavy (non-hydrogen) atoms. The molecular formula is C23H32N6O2. The lowest BCUT2D eigenvalue weighted by molar-refractivity contribution is -0.120. The molecule has 1 saturated carbocycles. The van der Waals surface area contributed by atoms with Gasteiger partial charge in [-0.15, -0.1) is 0 Å². The first-order valence-electron chi connectivity index (χ1n) is 11.6. The Hall–Kier alpha value is -2.45. The molecular weight excluding hydrogens is 392 g/mol. The third kappa shape index (κ3) is 4.19. The molecule has 5 rings (SSSR count). The lowest BCUT2D eigenvalue weighted by atomic mass is 9.85. The number of hydrogen-bond acceptors (Lipinski definition) is 5. The number of anilines is 1. The predicted octanol–water partition coefficient (Wildman–Crippen LogP) is 2.43. The second-order valence-corrected chi connectivity index (χ2v) is 9.26. The predicted molar refractivity (Wildman–Crippen MR) is 120 cm³/mol. The van der Waals surface area contributed by atoms with Crippen molar-refractivity contribution >= 4 is 28.7 Å². The lowest BCUT2D eigenvalue weighted by Crippen LogP contribution is -2.49. The van der Waals surface area contributed by atoms with Crippen LogP contribution in [0.4, 0.5) is 10.5 Å². The molecule has 1 aliphatic carbocycles. The number of carbonyl (C=O) groups excluding carboxylic acids is 2.